The maximum Gasteiger partial charge on any atom is 0.294 e. The number of benzene rings is 2. The monoisotopic (exact) mass is 560 g/mol. The van der Waals surface area contributed by atoms with Crippen molar-refractivity contribution in [3.8, 4) is 5.69 Å². The molecule has 2 aliphatic heterocycles. The number of amides is 2. The van der Waals surface area contributed by atoms with Crippen molar-refractivity contribution in [1.82, 2.24) is 9.47 Å². The lowest BCUT2D eigenvalue weighted by Gasteiger charge is -2.28. The Morgan fingerprint density at radius 1 is 1.05 bits per heavy atom. The zero-order valence-corrected chi connectivity index (χ0v) is 23.2. The minimum absolute atomic E-state index is 0.00723. The first-order valence-electron chi connectivity index (χ1n) is 12.8. The Morgan fingerprint density at radius 3 is 2.42 bits per heavy atom. The van der Waals surface area contributed by atoms with Crippen molar-refractivity contribution in [3.63, 3.8) is 0 Å². The smallest absolute Gasteiger partial charge is 0.294 e. The van der Waals surface area contributed by atoms with E-state index in [9.17, 15) is 24.5 Å². The summed E-state index contributed by atoms with van der Waals surface area (Å²) in [5.74, 6) is -0.838. The van der Waals surface area contributed by atoms with Gasteiger partial charge in [-0.25, -0.2) is 0 Å². The van der Waals surface area contributed by atoms with Gasteiger partial charge in [-0.15, -0.1) is 0 Å². The highest BCUT2D eigenvalue weighted by Gasteiger charge is 2.36. The summed E-state index contributed by atoms with van der Waals surface area (Å²) in [7, 11) is 0. The third kappa shape index (κ3) is 5.30. The number of anilines is 1. The second kappa shape index (κ2) is 11.1. The van der Waals surface area contributed by atoms with Gasteiger partial charge in [0.2, 0.25) is 0 Å². The number of thioether (sulfide) groups is 1. The number of carbonyl (C=O) groups is 3. The Kier molecular flexibility index (Phi) is 7.59. The lowest BCUT2D eigenvalue weighted by Crippen LogP contribution is -2.36. The average Bonchev–Trinajstić information content (AvgIpc) is 3.37. The summed E-state index contributed by atoms with van der Waals surface area (Å²) in [6.07, 6.45) is 1.64. The number of ketones is 1. The predicted molar refractivity (Wildman–Crippen MR) is 153 cm³/mol. The number of morpholine rings is 1. The van der Waals surface area contributed by atoms with Crippen LogP contribution in [0.1, 0.15) is 32.9 Å². The van der Waals surface area contributed by atoms with Crippen molar-refractivity contribution in [2.24, 2.45) is 0 Å². The third-order valence-corrected chi connectivity index (χ3v) is 7.98. The molecule has 0 radical (unpaired) electrons. The van der Waals surface area contributed by atoms with E-state index >= 15 is 0 Å². The lowest BCUT2D eigenvalue weighted by atomic mass is 10.1. The van der Waals surface area contributed by atoms with Crippen LogP contribution < -0.4 is 4.90 Å². The van der Waals surface area contributed by atoms with E-state index < -0.39 is 11.1 Å². The zero-order valence-electron chi connectivity index (χ0n) is 22.4. The second-order valence-corrected chi connectivity index (χ2v) is 10.7. The van der Waals surface area contributed by atoms with Gasteiger partial charge < -0.3 is 14.2 Å². The maximum atomic E-state index is 13.1. The molecule has 0 N–H and O–H groups in total. The molecule has 0 unspecified atom stereocenters. The minimum atomic E-state index is -0.522. The van der Waals surface area contributed by atoms with Crippen LogP contribution in [0.4, 0.5) is 16.2 Å². The Labute approximate surface area is 235 Å². The Hall–Kier alpha value is -4.22. The van der Waals surface area contributed by atoms with E-state index in [1.54, 1.807) is 30.3 Å². The second-order valence-electron chi connectivity index (χ2n) is 9.75. The van der Waals surface area contributed by atoms with Gasteiger partial charge in [0, 0.05) is 36.1 Å². The molecule has 0 spiro atoms. The van der Waals surface area contributed by atoms with Crippen LogP contribution >= 0.6 is 11.8 Å². The number of hydrogen-bond donors (Lipinski definition) is 0. The molecule has 2 amide bonds. The van der Waals surface area contributed by atoms with Crippen molar-refractivity contribution < 1.29 is 24.0 Å². The number of aryl methyl sites for hydroxylation is 2. The van der Waals surface area contributed by atoms with E-state index in [1.807, 2.05) is 54.5 Å². The fourth-order valence-electron chi connectivity index (χ4n) is 4.95. The molecule has 2 aliphatic rings. The normalized spacial score (nSPS) is 16.7. The summed E-state index contributed by atoms with van der Waals surface area (Å²) < 4.78 is 7.26. The molecular formula is C29H28N4O6S. The zero-order chi connectivity index (χ0) is 28.6. The van der Waals surface area contributed by atoms with Gasteiger partial charge in [-0.1, -0.05) is 29.8 Å². The molecule has 2 saturated heterocycles. The molecule has 3 aromatic rings. The molecule has 3 heterocycles. The van der Waals surface area contributed by atoms with Gasteiger partial charge >= 0.3 is 0 Å². The van der Waals surface area contributed by atoms with Crippen LogP contribution in [-0.2, 0) is 9.53 Å². The molecule has 0 saturated carbocycles. The SMILES string of the molecule is Cc1ccc(C(=O)CN2C(=O)S/C(=C\c3cc(C)n(-c4ccc(N5CCOCC5)c([N+](=O)[O-])c4)c3C)C2=O)cc1. The van der Waals surface area contributed by atoms with Gasteiger partial charge in [-0.2, -0.15) is 0 Å². The van der Waals surface area contributed by atoms with Crippen LogP contribution in [0.5, 0.6) is 0 Å². The van der Waals surface area contributed by atoms with Crippen molar-refractivity contribution >= 4 is 46.1 Å². The number of nitrogens with zero attached hydrogens (tertiary/aromatic N) is 4. The Morgan fingerprint density at radius 2 is 1.75 bits per heavy atom. The van der Waals surface area contributed by atoms with Gasteiger partial charge in [0.25, 0.3) is 16.8 Å². The van der Waals surface area contributed by atoms with Crippen LogP contribution in [0, 0.1) is 30.9 Å². The number of aromatic nitrogens is 1. The van der Waals surface area contributed by atoms with Crippen LogP contribution in [0.2, 0.25) is 0 Å². The van der Waals surface area contributed by atoms with E-state index in [2.05, 4.69) is 0 Å². The number of ether oxygens (including phenoxy) is 1. The minimum Gasteiger partial charge on any atom is -0.378 e. The van der Waals surface area contributed by atoms with Gasteiger partial charge in [0.1, 0.15) is 5.69 Å². The van der Waals surface area contributed by atoms with Crippen molar-refractivity contribution in [2.75, 3.05) is 37.7 Å². The molecule has 0 aliphatic carbocycles. The fourth-order valence-corrected chi connectivity index (χ4v) is 5.78. The molecule has 0 bridgehead atoms. The summed E-state index contributed by atoms with van der Waals surface area (Å²) in [5, 5.41) is 11.5. The van der Waals surface area contributed by atoms with Crippen molar-refractivity contribution in [3.05, 3.63) is 91.6 Å². The number of nitro groups is 1. The van der Waals surface area contributed by atoms with E-state index in [-0.39, 0.29) is 27.8 Å². The third-order valence-electron chi connectivity index (χ3n) is 7.07. The van der Waals surface area contributed by atoms with Crippen LogP contribution in [0.3, 0.4) is 0 Å². The molecule has 0 atom stereocenters. The average molecular weight is 561 g/mol. The van der Waals surface area contributed by atoms with Crippen molar-refractivity contribution in [1.29, 1.82) is 0 Å². The summed E-state index contributed by atoms with van der Waals surface area (Å²) >= 11 is 0.792. The summed E-state index contributed by atoms with van der Waals surface area (Å²) in [4.78, 5) is 53.1. The number of Topliss-reactive ketones (excluding diaryl/α,β-unsaturated/α-hetero) is 1. The van der Waals surface area contributed by atoms with E-state index in [4.69, 9.17) is 4.74 Å². The number of nitro benzene ring substituents is 1. The topological polar surface area (TPSA) is 115 Å². The van der Waals surface area contributed by atoms with Gasteiger partial charge in [-0.3, -0.25) is 29.4 Å². The first kappa shape index (κ1) is 27.4. The highest BCUT2D eigenvalue weighted by Crippen LogP contribution is 2.36. The largest absolute Gasteiger partial charge is 0.378 e. The summed E-state index contributed by atoms with van der Waals surface area (Å²) in [6, 6.07) is 14.0. The van der Waals surface area contributed by atoms with Crippen molar-refractivity contribution in [2.45, 2.75) is 20.8 Å². The molecule has 2 aromatic carbocycles. The standard InChI is InChI=1S/C29H28N4O6S/c1-18-4-6-21(7-5-18)26(34)17-31-28(35)27(40-29(31)36)15-22-14-19(2)32(20(22)3)23-8-9-24(25(16-23)33(37)38)30-10-12-39-13-11-30/h4-9,14-16H,10-13,17H2,1-3H3/b27-15-. The Balaban J connectivity index is 1.41. The molecule has 10 nitrogen and oxygen atoms in total. The molecule has 40 heavy (non-hydrogen) atoms. The van der Waals surface area contributed by atoms with Crippen LogP contribution in [0.15, 0.2) is 53.4 Å². The first-order chi connectivity index (χ1) is 19.1. The van der Waals surface area contributed by atoms with Crippen LogP contribution in [0.25, 0.3) is 11.8 Å². The summed E-state index contributed by atoms with van der Waals surface area (Å²) in [5.41, 5.74) is 4.89. The number of carbonyl (C=O) groups excluding carboxylic acids is 3. The van der Waals surface area contributed by atoms with Gasteiger partial charge in [0.05, 0.1) is 35.3 Å². The highest BCUT2D eigenvalue weighted by molar-refractivity contribution is 8.18. The molecule has 5 rings (SSSR count). The Bertz CT molecular complexity index is 1550. The highest BCUT2D eigenvalue weighted by atomic mass is 32.2. The molecule has 2 fully saturated rings. The van der Waals surface area contributed by atoms with E-state index in [0.717, 1.165) is 33.6 Å². The summed E-state index contributed by atoms with van der Waals surface area (Å²) in [6.45, 7) is 7.50. The lowest BCUT2D eigenvalue weighted by molar-refractivity contribution is -0.384. The molecule has 206 valence electrons. The molecular weight excluding hydrogens is 532 g/mol. The van der Waals surface area contributed by atoms with Crippen LogP contribution in [-0.4, -0.2) is 64.2 Å². The quantitative estimate of drug-likeness (QED) is 0.170. The van der Waals surface area contributed by atoms with E-state index in [0.29, 0.717) is 48.8 Å². The number of hydrogen-bond acceptors (Lipinski definition) is 8. The molecule has 11 heteroatoms. The molecule has 1 aromatic heterocycles. The number of imide groups is 1. The first-order valence-corrected chi connectivity index (χ1v) is 13.6. The number of rotatable bonds is 7. The van der Waals surface area contributed by atoms with E-state index in [1.165, 1.54) is 0 Å². The van der Waals surface area contributed by atoms with Gasteiger partial charge in [-0.05, 0) is 62.4 Å². The predicted octanol–water partition coefficient (Wildman–Crippen LogP) is 5.07. The maximum absolute atomic E-state index is 13.1. The fraction of sp³-hybridized carbons (Fsp3) is 0.276. The van der Waals surface area contributed by atoms with Gasteiger partial charge in [0.15, 0.2) is 5.78 Å².